The number of nitrogens with zero attached hydrogens (tertiary/aromatic N) is 2. The van der Waals surface area contributed by atoms with Gasteiger partial charge in [-0.1, -0.05) is 54.6 Å². The fourth-order valence-corrected chi connectivity index (χ4v) is 4.89. The van der Waals surface area contributed by atoms with E-state index in [2.05, 4.69) is 60.5 Å². The van der Waals surface area contributed by atoms with Gasteiger partial charge in [0.25, 0.3) is 0 Å². The maximum Gasteiger partial charge on any atom is 0.137 e. The second-order valence-electron chi connectivity index (χ2n) is 9.37. The lowest BCUT2D eigenvalue weighted by atomic mass is 9.96. The van der Waals surface area contributed by atoms with Crippen molar-refractivity contribution in [2.75, 3.05) is 44.9 Å². The topological polar surface area (TPSA) is 59.1 Å². The maximum atomic E-state index is 6.49. The minimum Gasteiger partial charge on any atom is -0.489 e. The van der Waals surface area contributed by atoms with Crippen LogP contribution in [0.1, 0.15) is 5.56 Å². The lowest BCUT2D eigenvalue weighted by molar-refractivity contribution is 0.264. The van der Waals surface area contributed by atoms with Crippen LogP contribution in [0, 0.1) is 0 Å². The van der Waals surface area contributed by atoms with Crippen LogP contribution in [0.15, 0.2) is 71.7 Å². The number of fused-ring (bicyclic) bond motifs is 4. The minimum atomic E-state index is 0.159. The minimum absolute atomic E-state index is 0.159. The molecule has 2 unspecified atom stereocenters. The first-order valence-electron chi connectivity index (χ1n) is 12.1. The van der Waals surface area contributed by atoms with Crippen molar-refractivity contribution in [1.82, 2.24) is 0 Å². The molecule has 0 saturated carbocycles. The number of epoxide rings is 2. The Bertz CT molecular complexity index is 1460. The Hall–Kier alpha value is -3.61. The molecule has 35 heavy (non-hydrogen) atoms. The lowest BCUT2D eigenvalue weighted by Gasteiger charge is -2.30. The van der Waals surface area contributed by atoms with Crippen molar-refractivity contribution >= 4 is 38.6 Å². The Morgan fingerprint density at radius 1 is 0.800 bits per heavy atom. The first-order chi connectivity index (χ1) is 17.3. The Morgan fingerprint density at radius 2 is 1.43 bits per heavy atom. The highest BCUT2D eigenvalue weighted by Gasteiger charge is 2.29. The molecular weight excluding hydrogens is 440 g/mol. The molecule has 2 fully saturated rings. The average Bonchev–Trinajstić information content (AvgIpc) is 3.82. The number of rotatable bonds is 7. The van der Waals surface area contributed by atoms with Crippen LogP contribution in [-0.2, 0) is 9.47 Å². The van der Waals surface area contributed by atoms with Gasteiger partial charge in [0, 0.05) is 23.2 Å². The van der Waals surface area contributed by atoms with E-state index in [0.29, 0.717) is 19.8 Å². The largest absolute Gasteiger partial charge is 0.489 e. The molecule has 3 aliphatic heterocycles. The molecule has 0 spiro atoms. The molecule has 0 aliphatic carbocycles. The van der Waals surface area contributed by atoms with Crippen LogP contribution in [0.2, 0.25) is 0 Å². The van der Waals surface area contributed by atoms with Gasteiger partial charge in [0.2, 0.25) is 0 Å². The highest BCUT2D eigenvalue weighted by molar-refractivity contribution is 6.19. The van der Waals surface area contributed by atoms with Crippen molar-refractivity contribution in [3.8, 4) is 11.5 Å². The van der Waals surface area contributed by atoms with Gasteiger partial charge in [-0.05, 0) is 17.7 Å². The van der Waals surface area contributed by atoms with E-state index in [0.717, 1.165) is 68.9 Å². The van der Waals surface area contributed by atoms with E-state index in [-0.39, 0.29) is 12.2 Å². The summed E-state index contributed by atoms with van der Waals surface area (Å²) in [6, 6.07) is 22.9. The van der Waals surface area contributed by atoms with E-state index < -0.39 is 0 Å². The molecule has 3 aliphatic rings. The highest BCUT2D eigenvalue weighted by atomic mass is 16.6. The fraction of sp³-hybridized carbons (Fsp3) is 0.276. The molecule has 2 atom stereocenters. The van der Waals surface area contributed by atoms with Gasteiger partial charge < -0.3 is 23.8 Å². The van der Waals surface area contributed by atoms with E-state index in [1.807, 2.05) is 18.2 Å². The average molecular weight is 467 g/mol. The van der Waals surface area contributed by atoms with Crippen LogP contribution in [0.3, 0.4) is 0 Å². The zero-order valence-corrected chi connectivity index (χ0v) is 19.6. The number of likely N-dealkylation sites (N-methyl/N-ethyl adjacent to an activating group) is 1. The van der Waals surface area contributed by atoms with Crippen molar-refractivity contribution in [2.24, 2.45) is 4.99 Å². The molecule has 2 saturated heterocycles. The van der Waals surface area contributed by atoms with Gasteiger partial charge in [-0.25, -0.2) is 4.99 Å². The molecule has 3 heterocycles. The van der Waals surface area contributed by atoms with Crippen molar-refractivity contribution in [2.45, 2.75) is 12.2 Å². The van der Waals surface area contributed by atoms with E-state index in [4.69, 9.17) is 23.9 Å². The van der Waals surface area contributed by atoms with Crippen LogP contribution in [0.5, 0.6) is 11.5 Å². The number of hydrogen-bond acceptors (Lipinski definition) is 6. The second kappa shape index (κ2) is 8.26. The van der Waals surface area contributed by atoms with Crippen molar-refractivity contribution < 1.29 is 18.9 Å². The molecule has 4 aromatic carbocycles. The monoisotopic (exact) mass is 466 g/mol. The Morgan fingerprint density at radius 3 is 2.11 bits per heavy atom. The standard InChI is InChI=1S/C29H26N2O4/c1-31-13-25(18-7-3-2-4-8-18)30-24-12-11-23-26(27(24)31)29(35-17-20-15-33-20)22-10-6-5-9-21(22)28(23)34-16-19-14-32-19/h2-12,19-20H,13-17H2,1H3. The van der Waals surface area contributed by atoms with E-state index >= 15 is 0 Å². The summed E-state index contributed by atoms with van der Waals surface area (Å²) in [6.45, 7) is 3.29. The number of hydrogen-bond donors (Lipinski definition) is 0. The Kier molecular flexibility index (Phi) is 4.89. The molecule has 176 valence electrons. The highest BCUT2D eigenvalue weighted by Crippen LogP contribution is 2.50. The zero-order chi connectivity index (χ0) is 23.4. The molecule has 0 aromatic heterocycles. The molecule has 4 aromatic rings. The molecule has 0 bridgehead atoms. The second-order valence-corrected chi connectivity index (χ2v) is 9.37. The summed E-state index contributed by atoms with van der Waals surface area (Å²) >= 11 is 0. The zero-order valence-electron chi connectivity index (χ0n) is 19.6. The SMILES string of the molecule is CN1CC(c2ccccc2)=Nc2ccc3c(OCC4CO4)c4ccccc4c(OCC4CO4)c3c21. The predicted molar refractivity (Wildman–Crippen MR) is 138 cm³/mol. The Balaban J connectivity index is 1.47. The van der Waals surface area contributed by atoms with Crippen LogP contribution in [-0.4, -0.2) is 57.9 Å². The van der Waals surface area contributed by atoms with Crippen molar-refractivity contribution in [3.63, 3.8) is 0 Å². The molecule has 0 radical (unpaired) electrons. The Labute approximate surface area is 203 Å². The number of aliphatic imine (C=N–C) groups is 1. The summed E-state index contributed by atoms with van der Waals surface area (Å²) in [4.78, 5) is 7.37. The van der Waals surface area contributed by atoms with Crippen LogP contribution in [0.25, 0.3) is 21.5 Å². The molecule has 0 amide bonds. The van der Waals surface area contributed by atoms with Gasteiger partial charge in [-0.2, -0.15) is 0 Å². The lowest BCUT2D eigenvalue weighted by Crippen LogP contribution is -2.29. The van der Waals surface area contributed by atoms with E-state index in [1.165, 1.54) is 0 Å². The van der Waals surface area contributed by atoms with Crippen LogP contribution < -0.4 is 14.4 Å². The third-order valence-corrected chi connectivity index (χ3v) is 6.81. The molecule has 0 N–H and O–H groups in total. The smallest absolute Gasteiger partial charge is 0.137 e. The summed E-state index contributed by atoms with van der Waals surface area (Å²) in [5.41, 5.74) is 4.19. The molecular formula is C29H26N2O4. The number of benzene rings is 4. The van der Waals surface area contributed by atoms with Crippen molar-refractivity contribution in [1.29, 1.82) is 0 Å². The van der Waals surface area contributed by atoms with Gasteiger partial charge in [0.15, 0.2) is 0 Å². The van der Waals surface area contributed by atoms with Crippen molar-refractivity contribution in [3.05, 3.63) is 72.3 Å². The first kappa shape index (κ1) is 20.7. The van der Waals surface area contributed by atoms with Crippen LogP contribution in [0.4, 0.5) is 11.4 Å². The fourth-order valence-electron chi connectivity index (χ4n) is 4.89. The number of anilines is 1. The van der Waals surface area contributed by atoms with E-state index in [1.54, 1.807) is 0 Å². The maximum absolute atomic E-state index is 6.49. The molecule has 6 heteroatoms. The summed E-state index contributed by atoms with van der Waals surface area (Å²) in [6.07, 6.45) is 0.330. The summed E-state index contributed by atoms with van der Waals surface area (Å²) in [5, 5.41) is 4.14. The van der Waals surface area contributed by atoms with Gasteiger partial charge in [0.1, 0.15) is 36.9 Å². The molecule has 7 rings (SSSR count). The predicted octanol–water partition coefficient (Wildman–Crippen LogP) is 5.12. The summed E-state index contributed by atoms with van der Waals surface area (Å²) in [7, 11) is 2.12. The normalized spacial score (nSPS) is 20.5. The van der Waals surface area contributed by atoms with Gasteiger partial charge in [-0.3, -0.25) is 0 Å². The summed E-state index contributed by atoms with van der Waals surface area (Å²) in [5.74, 6) is 1.73. The van der Waals surface area contributed by atoms with Gasteiger partial charge in [-0.15, -0.1) is 0 Å². The third-order valence-electron chi connectivity index (χ3n) is 6.81. The first-order valence-corrected chi connectivity index (χ1v) is 12.1. The van der Waals surface area contributed by atoms with E-state index in [9.17, 15) is 0 Å². The van der Waals surface area contributed by atoms with Crippen LogP contribution >= 0.6 is 0 Å². The summed E-state index contributed by atoms with van der Waals surface area (Å²) < 4.78 is 23.8. The number of ether oxygens (including phenoxy) is 4. The van der Waals surface area contributed by atoms with Gasteiger partial charge >= 0.3 is 0 Å². The quantitative estimate of drug-likeness (QED) is 0.280. The third kappa shape index (κ3) is 3.79. The molecule has 6 nitrogen and oxygen atoms in total. The van der Waals surface area contributed by atoms with Gasteiger partial charge in [0.05, 0.1) is 42.2 Å².